The Kier molecular flexibility index (Phi) is 3.90. The highest BCUT2D eigenvalue weighted by molar-refractivity contribution is 7.17. The Morgan fingerprint density at radius 1 is 0.654 bits per heavy atom. The zero-order valence-corrected chi connectivity index (χ0v) is 15.9. The van der Waals surface area contributed by atoms with Gasteiger partial charge in [0.2, 0.25) is 0 Å². The van der Waals surface area contributed by atoms with E-state index in [4.69, 9.17) is 0 Å². The second-order valence-electron chi connectivity index (χ2n) is 7.27. The van der Waals surface area contributed by atoms with E-state index in [1.807, 2.05) is 11.3 Å². The van der Waals surface area contributed by atoms with Crippen molar-refractivity contribution in [3.63, 3.8) is 0 Å². The molecule has 4 aromatic carbocycles. The van der Waals surface area contributed by atoms with Crippen molar-refractivity contribution in [2.45, 2.75) is 32.6 Å². The van der Waals surface area contributed by atoms with E-state index in [1.54, 1.807) is 0 Å². The topological polar surface area (TPSA) is 0 Å². The van der Waals surface area contributed by atoms with E-state index in [2.05, 4.69) is 73.0 Å². The van der Waals surface area contributed by atoms with E-state index in [-0.39, 0.29) is 0 Å². The Hall–Kier alpha value is -2.38. The van der Waals surface area contributed by atoms with Crippen molar-refractivity contribution >= 4 is 53.7 Å². The molecule has 0 N–H and O–H groups in total. The molecular formula is C25H22S. The van der Waals surface area contributed by atoms with Crippen molar-refractivity contribution < 1.29 is 0 Å². The van der Waals surface area contributed by atoms with Gasteiger partial charge in [0.15, 0.2) is 0 Å². The minimum Gasteiger partial charge on any atom is -0.144 e. The van der Waals surface area contributed by atoms with E-state index in [0.29, 0.717) is 0 Å². The first kappa shape index (κ1) is 15.8. The lowest BCUT2D eigenvalue weighted by Gasteiger charge is -2.09. The Morgan fingerprint density at radius 3 is 2.42 bits per heavy atom. The number of thiophene rings is 1. The zero-order chi connectivity index (χ0) is 17.5. The van der Waals surface area contributed by atoms with Gasteiger partial charge in [-0.1, -0.05) is 56.2 Å². The lowest BCUT2D eigenvalue weighted by molar-refractivity contribution is 0.718. The highest BCUT2D eigenvalue weighted by Crippen LogP contribution is 2.35. The van der Waals surface area contributed by atoms with E-state index in [0.717, 1.165) is 0 Å². The first-order valence-corrected chi connectivity index (χ1v) is 10.5. The van der Waals surface area contributed by atoms with Gasteiger partial charge in [0.05, 0.1) is 0 Å². The SMILES string of the molecule is CCCCCc1ccc2cc3c(ccc4c5ccsc5ccc34)cc2c1. The number of aryl methyl sites for hydroxylation is 1. The van der Waals surface area contributed by atoms with Gasteiger partial charge in [0.1, 0.15) is 0 Å². The molecular weight excluding hydrogens is 332 g/mol. The Bertz CT molecular complexity index is 1240. The fourth-order valence-corrected chi connectivity index (χ4v) is 4.93. The van der Waals surface area contributed by atoms with Crippen molar-refractivity contribution in [3.05, 3.63) is 71.6 Å². The van der Waals surface area contributed by atoms with Crippen molar-refractivity contribution in [1.29, 1.82) is 0 Å². The molecule has 0 atom stereocenters. The number of benzene rings is 4. The van der Waals surface area contributed by atoms with Gasteiger partial charge in [-0.2, -0.15) is 0 Å². The van der Waals surface area contributed by atoms with Crippen molar-refractivity contribution in [2.24, 2.45) is 0 Å². The van der Waals surface area contributed by atoms with Gasteiger partial charge < -0.3 is 0 Å². The average Bonchev–Trinajstić information content (AvgIpc) is 3.15. The van der Waals surface area contributed by atoms with Crippen LogP contribution >= 0.6 is 11.3 Å². The summed E-state index contributed by atoms with van der Waals surface area (Å²) in [7, 11) is 0. The molecule has 0 unspecified atom stereocenters. The largest absolute Gasteiger partial charge is 0.144 e. The molecule has 0 aliphatic carbocycles. The summed E-state index contributed by atoms with van der Waals surface area (Å²) in [5.41, 5.74) is 1.46. The monoisotopic (exact) mass is 354 g/mol. The molecule has 1 heteroatoms. The lowest BCUT2D eigenvalue weighted by Crippen LogP contribution is -1.86. The van der Waals surface area contributed by atoms with Gasteiger partial charge in [0, 0.05) is 10.1 Å². The minimum absolute atomic E-state index is 1.19. The lowest BCUT2D eigenvalue weighted by atomic mass is 9.95. The van der Waals surface area contributed by atoms with Gasteiger partial charge in [-0.15, -0.1) is 11.3 Å². The second-order valence-corrected chi connectivity index (χ2v) is 8.22. The van der Waals surface area contributed by atoms with Crippen LogP contribution in [0.25, 0.3) is 42.4 Å². The normalized spacial score (nSPS) is 11.9. The predicted molar refractivity (Wildman–Crippen MR) is 118 cm³/mol. The third-order valence-electron chi connectivity index (χ3n) is 5.54. The van der Waals surface area contributed by atoms with E-state index in [1.165, 1.54) is 73.7 Å². The standard InChI is InChI=1S/C25H22S/c1-2-3-4-5-17-6-7-18-16-24-19(15-20(18)14-17)8-9-21-22(24)10-11-25-23(21)12-13-26-25/h6-16H,2-5H2,1H3. The van der Waals surface area contributed by atoms with Crippen molar-refractivity contribution in [1.82, 2.24) is 0 Å². The number of fused-ring (bicyclic) bond motifs is 6. The van der Waals surface area contributed by atoms with Gasteiger partial charge in [-0.3, -0.25) is 0 Å². The fraction of sp³-hybridized carbons (Fsp3) is 0.200. The number of hydrogen-bond acceptors (Lipinski definition) is 1. The maximum absolute atomic E-state index is 2.39. The number of hydrogen-bond donors (Lipinski definition) is 0. The van der Waals surface area contributed by atoms with Crippen LogP contribution in [-0.4, -0.2) is 0 Å². The number of rotatable bonds is 4. The molecule has 5 rings (SSSR count). The molecule has 0 spiro atoms. The molecule has 0 aliphatic heterocycles. The molecule has 128 valence electrons. The Labute approximate surface area is 158 Å². The molecule has 0 bridgehead atoms. The van der Waals surface area contributed by atoms with Gasteiger partial charge >= 0.3 is 0 Å². The molecule has 1 heterocycles. The Morgan fingerprint density at radius 2 is 1.50 bits per heavy atom. The van der Waals surface area contributed by atoms with Crippen LogP contribution in [0.1, 0.15) is 31.7 Å². The highest BCUT2D eigenvalue weighted by atomic mass is 32.1. The van der Waals surface area contributed by atoms with Crippen LogP contribution in [0.5, 0.6) is 0 Å². The molecule has 0 saturated carbocycles. The number of unbranched alkanes of at least 4 members (excludes halogenated alkanes) is 2. The van der Waals surface area contributed by atoms with Crippen LogP contribution in [0.2, 0.25) is 0 Å². The zero-order valence-electron chi connectivity index (χ0n) is 15.1. The maximum Gasteiger partial charge on any atom is 0.0349 e. The molecule has 0 radical (unpaired) electrons. The molecule has 1 aromatic heterocycles. The summed E-state index contributed by atoms with van der Waals surface area (Å²) >= 11 is 1.82. The van der Waals surface area contributed by atoms with Crippen LogP contribution in [0.4, 0.5) is 0 Å². The predicted octanol–water partition coefficient (Wildman–Crippen LogP) is 8.09. The molecule has 0 saturated heterocycles. The van der Waals surface area contributed by atoms with Gasteiger partial charge in [0.25, 0.3) is 0 Å². The quantitative estimate of drug-likeness (QED) is 0.174. The summed E-state index contributed by atoms with van der Waals surface area (Å²) < 4.78 is 1.37. The fourth-order valence-electron chi connectivity index (χ4n) is 4.12. The minimum atomic E-state index is 1.19. The summed E-state index contributed by atoms with van der Waals surface area (Å²) in [6.07, 6.45) is 5.08. The smallest absolute Gasteiger partial charge is 0.0349 e. The Balaban J connectivity index is 1.69. The average molecular weight is 355 g/mol. The first-order chi connectivity index (χ1) is 12.8. The third-order valence-corrected chi connectivity index (χ3v) is 6.42. The third kappa shape index (κ3) is 2.59. The summed E-state index contributed by atoms with van der Waals surface area (Å²) in [5.74, 6) is 0. The highest BCUT2D eigenvalue weighted by Gasteiger charge is 2.07. The van der Waals surface area contributed by atoms with Gasteiger partial charge in [-0.25, -0.2) is 0 Å². The molecule has 26 heavy (non-hydrogen) atoms. The van der Waals surface area contributed by atoms with Gasteiger partial charge in [-0.05, 0) is 80.4 Å². The molecule has 0 amide bonds. The summed E-state index contributed by atoms with van der Waals surface area (Å²) in [6, 6.07) is 23.1. The van der Waals surface area contributed by atoms with Crippen LogP contribution in [-0.2, 0) is 6.42 Å². The van der Waals surface area contributed by atoms with Crippen LogP contribution in [0, 0.1) is 0 Å². The summed E-state index contributed by atoms with van der Waals surface area (Å²) in [5, 5.41) is 11.7. The summed E-state index contributed by atoms with van der Waals surface area (Å²) in [4.78, 5) is 0. The van der Waals surface area contributed by atoms with Crippen LogP contribution in [0.15, 0.2) is 66.0 Å². The maximum atomic E-state index is 2.39. The van der Waals surface area contributed by atoms with E-state index >= 15 is 0 Å². The van der Waals surface area contributed by atoms with Crippen molar-refractivity contribution in [3.8, 4) is 0 Å². The van der Waals surface area contributed by atoms with Crippen molar-refractivity contribution in [2.75, 3.05) is 0 Å². The second kappa shape index (κ2) is 6.41. The molecule has 0 aliphatic rings. The summed E-state index contributed by atoms with van der Waals surface area (Å²) in [6.45, 7) is 2.26. The van der Waals surface area contributed by atoms with E-state index < -0.39 is 0 Å². The van der Waals surface area contributed by atoms with Crippen LogP contribution in [0.3, 0.4) is 0 Å². The molecule has 0 fully saturated rings. The molecule has 0 nitrogen and oxygen atoms in total. The van der Waals surface area contributed by atoms with Crippen LogP contribution < -0.4 is 0 Å². The van der Waals surface area contributed by atoms with E-state index in [9.17, 15) is 0 Å². The molecule has 5 aromatic rings. The first-order valence-electron chi connectivity index (χ1n) is 9.59.